The van der Waals surface area contributed by atoms with Crippen LogP contribution in [-0.2, 0) is 11.2 Å². The highest BCUT2D eigenvalue weighted by Crippen LogP contribution is 2.18. The van der Waals surface area contributed by atoms with Crippen molar-refractivity contribution in [3.8, 4) is 11.5 Å². The molecule has 128 valence electrons. The van der Waals surface area contributed by atoms with Gasteiger partial charge in [0.2, 0.25) is 0 Å². The minimum Gasteiger partial charge on any atom is -0.497 e. The molecule has 2 rings (SSSR count). The van der Waals surface area contributed by atoms with Crippen LogP contribution in [0.2, 0.25) is 0 Å². The summed E-state index contributed by atoms with van der Waals surface area (Å²) in [6, 6.07) is 14.0. The molecule has 0 spiro atoms. The predicted octanol–water partition coefficient (Wildman–Crippen LogP) is 3.44. The average Bonchev–Trinajstić information content (AvgIpc) is 2.59. The van der Waals surface area contributed by atoms with E-state index in [2.05, 4.69) is 11.4 Å². The number of carbonyl (C=O) groups is 1. The summed E-state index contributed by atoms with van der Waals surface area (Å²) in [4.78, 5) is 11.9. The Hall–Kier alpha value is -2.49. The van der Waals surface area contributed by atoms with Crippen molar-refractivity contribution in [3.05, 3.63) is 59.2 Å². The van der Waals surface area contributed by atoms with E-state index >= 15 is 0 Å². The molecule has 4 nitrogen and oxygen atoms in total. The van der Waals surface area contributed by atoms with Crippen LogP contribution < -0.4 is 14.8 Å². The van der Waals surface area contributed by atoms with Gasteiger partial charge in [-0.2, -0.15) is 0 Å². The summed E-state index contributed by atoms with van der Waals surface area (Å²) in [6.45, 7) is 4.65. The summed E-state index contributed by atoms with van der Waals surface area (Å²) < 4.78 is 10.8. The molecule has 0 aliphatic carbocycles. The molecule has 4 heteroatoms. The van der Waals surface area contributed by atoms with Crippen LogP contribution in [0.15, 0.2) is 42.5 Å². The molecule has 2 aromatic rings. The fraction of sp³-hybridized carbons (Fsp3) is 0.350. The van der Waals surface area contributed by atoms with E-state index in [4.69, 9.17) is 9.47 Å². The van der Waals surface area contributed by atoms with E-state index in [1.54, 1.807) is 7.11 Å². The van der Waals surface area contributed by atoms with E-state index in [1.165, 1.54) is 5.56 Å². The fourth-order valence-electron chi connectivity index (χ4n) is 2.41. The van der Waals surface area contributed by atoms with E-state index in [0.717, 1.165) is 35.5 Å². The Morgan fingerprint density at radius 2 is 1.96 bits per heavy atom. The van der Waals surface area contributed by atoms with Gasteiger partial charge in [0.05, 0.1) is 7.11 Å². The number of benzene rings is 2. The van der Waals surface area contributed by atoms with Crippen molar-refractivity contribution in [2.75, 3.05) is 20.3 Å². The van der Waals surface area contributed by atoms with Gasteiger partial charge in [-0.1, -0.05) is 24.3 Å². The van der Waals surface area contributed by atoms with Crippen LogP contribution in [0.4, 0.5) is 0 Å². The van der Waals surface area contributed by atoms with Crippen molar-refractivity contribution in [2.45, 2.75) is 26.7 Å². The first-order valence-electron chi connectivity index (χ1n) is 8.18. The Bertz CT molecular complexity index is 682. The summed E-state index contributed by atoms with van der Waals surface area (Å²) >= 11 is 0. The third-order valence-corrected chi connectivity index (χ3v) is 3.80. The number of methoxy groups -OCH3 is 1. The summed E-state index contributed by atoms with van der Waals surface area (Å²) in [5, 5.41) is 2.89. The number of amides is 1. The first-order valence-corrected chi connectivity index (χ1v) is 8.18. The minimum absolute atomic E-state index is 0.0451. The first-order chi connectivity index (χ1) is 11.6. The Morgan fingerprint density at radius 3 is 2.75 bits per heavy atom. The van der Waals surface area contributed by atoms with Gasteiger partial charge >= 0.3 is 0 Å². The molecule has 0 unspecified atom stereocenters. The number of nitrogens with one attached hydrogen (secondary N) is 1. The van der Waals surface area contributed by atoms with Crippen molar-refractivity contribution in [3.63, 3.8) is 0 Å². The van der Waals surface area contributed by atoms with E-state index in [0.29, 0.717) is 6.54 Å². The van der Waals surface area contributed by atoms with Gasteiger partial charge in [-0.15, -0.1) is 0 Å². The fourth-order valence-corrected chi connectivity index (χ4v) is 2.41. The molecule has 1 N–H and O–H groups in total. The van der Waals surface area contributed by atoms with Gasteiger partial charge in [0.25, 0.3) is 5.91 Å². The lowest BCUT2D eigenvalue weighted by Gasteiger charge is -2.10. The van der Waals surface area contributed by atoms with E-state index in [1.807, 2.05) is 50.2 Å². The lowest BCUT2D eigenvalue weighted by molar-refractivity contribution is -0.123. The topological polar surface area (TPSA) is 47.6 Å². The van der Waals surface area contributed by atoms with E-state index in [9.17, 15) is 4.79 Å². The molecule has 0 fully saturated rings. The van der Waals surface area contributed by atoms with E-state index in [-0.39, 0.29) is 12.5 Å². The highest BCUT2D eigenvalue weighted by Gasteiger charge is 2.05. The molecule has 24 heavy (non-hydrogen) atoms. The second-order valence-corrected chi connectivity index (χ2v) is 5.86. The van der Waals surface area contributed by atoms with Crippen LogP contribution in [-0.4, -0.2) is 26.2 Å². The molecule has 0 heterocycles. The Balaban J connectivity index is 1.68. The maximum atomic E-state index is 11.9. The van der Waals surface area contributed by atoms with Crippen LogP contribution in [0, 0.1) is 13.8 Å². The molecule has 0 saturated carbocycles. The number of rotatable bonds is 8. The number of hydrogen-bond acceptors (Lipinski definition) is 3. The smallest absolute Gasteiger partial charge is 0.257 e. The molecule has 0 aliphatic rings. The molecule has 1 amide bonds. The first kappa shape index (κ1) is 17.9. The third-order valence-electron chi connectivity index (χ3n) is 3.80. The van der Waals surface area contributed by atoms with Gasteiger partial charge < -0.3 is 14.8 Å². The molecule has 0 aromatic heterocycles. The molecule has 0 bridgehead atoms. The predicted molar refractivity (Wildman–Crippen MR) is 95.7 cm³/mol. The maximum Gasteiger partial charge on any atom is 0.257 e. The normalized spacial score (nSPS) is 10.3. The summed E-state index contributed by atoms with van der Waals surface area (Å²) in [6.07, 6.45) is 1.78. The Labute approximate surface area is 143 Å². The minimum atomic E-state index is -0.0958. The standard InChI is InChI=1S/C20H25NO3/c1-15-9-10-16(2)19(12-15)24-14-20(22)21-11-5-7-17-6-4-8-18(13-17)23-3/h4,6,8-10,12-13H,5,7,11,14H2,1-3H3,(H,21,22). The van der Waals surface area contributed by atoms with Crippen LogP contribution in [0.5, 0.6) is 11.5 Å². The molecule has 0 atom stereocenters. The summed E-state index contributed by atoms with van der Waals surface area (Å²) in [5.74, 6) is 1.53. The molecule has 0 aliphatic heterocycles. The van der Waals surface area contributed by atoms with Crippen LogP contribution >= 0.6 is 0 Å². The second kappa shape index (κ2) is 8.96. The molecular formula is C20H25NO3. The van der Waals surface area contributed by atoms with Gasteiger partial charge in [-0.3, -0.25) is 4.79 Å². The number of aryl methyl sites for hydroxylation is 3. The Kier molecular flexibility index (Phi) is 6.67. The average molecular weight is 327 g/mol. The monoisotopic (exact) mass is 327 g/mol. The van der Waals surface area contributed by atoms with Crippen molar-refractivity contribution in [1.29, 1.82) is 0 Å². The summed E-state index contributed by atoms with van der Waals surface area (Å²) in [7, 11) is 1.66. The van der Waals surface area contributed by atoms with Gasteiger partial charge in [0, 0.05) is 6.54 Å². The third kappa shape index (κ3) is 5.61. The van der Waals surface area contributed by atoms with Crippen molar-refractivity contribution in [2.24, 2.45) is 0 Å². The zero-order valence-corrected chi connectivity index (χ0v) is 14.6. The highest BCUT2D eigenvalue weighted by atomic mass is 16.5. The van der Waals surface area contributed by atoms with Gasteiger partial charge in [0.15, 0.2) is 6.61 Å². The summed E-state index contributed by atoms with van der Waals surface area (Å²) in [5.41, 5.74) is 3.36. The zero-order chi connectivity index (χ0) is 17.4. The van der Waals surface area contributed by atoms with Crippen molar-refractivity contribution in [1.82, 2.24) is 5.32 Å². The Morgan fingerprint density at radius 1 is 1.12 bits per heavy atom. The molecule has 2 aromatic carbocycles. The quantitative estimate of drug-likeness (QED) is 0.756. The lowest BCUT2D eigenvalue weighted by Crippen LogP contribution is -2.30. The van der Waals surface area contributed by atoms with Crippen molar-refractivity contribution < 1.29 is 14.3 Å². The van der Waals surface area contributed by atoms with Crippen molar-refractivity contribution >= 4 is 5.91 Å². The second-order valence-electron chi connectivity index (χ2n) is 5.86. The van der Waals surface area contributed by atoms with Gasteiger partial charge in [0.1, 0.15) is 11.5 Å². The number of carbonyl (C=O) groups excluding carboxylic acids is 1. The van der Waals surface area contributed by atoms with Crippen LogP contribution in [0.1, 0.15) is 23.1 Å². The van der Waals surface area contributed by atoms with Crippen LogP contribution in [0.3, 0.4) is 0 Å². The maximum absolute atomic E-state index is 11.9. The van der Waals surface area contributed by atoms with Gasteiger partial charge in [-0.05, 0) is 61.6 Å². The lowest BCUT2D eigenvalue weighted by atomic mass is 10.1. The largest absolute Gasteiger partial charge is 0.497 e. The van der Waals surface area contributed by atoms with E-state index < -0.39 is 0 Å². The SMILES string of the molecule is COc1cccc(CCCNC(=O)COc2cc(C)ccc2C)c1. The number of hydrogen-bond donors (Lipinski definition) is 1. The molecule has 0 saturated heterocycles. The molecular weight excluding hydrogens is 302 g/mol. The van der Waals surface area contributed by atoms with Crippen LogP contribution in [0.25, 0.3) is 0 Å². The highest BCUT2D eigenvalue weighted by molar-refractivity contribution is 5.77. The number of ether oxygens (including phenoxy) is 2. The van der Waals surface area contributed by atoms with Gasteiger partial charge in [-0.25, -0.2) is 0 Å². The zero-order valence-electron chi connectivity index (χ0n) is 14.6. The molecule has 0 radical (unpaired) electrons.